The molecule has 0 radical (unpaired) electrons. The summed E-state index contributed by atoms with van der Waals surface area (Å²) in [4.78, 5) is 7.08. The van der Waals surface area contributed by atoms with E-state index in [9.17, 15) is 0 Å². The van der Waals surface area contributed by atoms with Crippen LogP contribution in [-0.2, 0) is 11.3 Å². The first kappa shape index (κ1) is 21.4. The number of rotatable bonds is 11. The van der Waals surface area contributed by atoms with E-state index in [-0.39, 0.29) is 6.10 Å². The van der Waals surface area contributed by atoms with Crippen LogP contribution >= 0.6 is 0 Å². The van der Waals surface area contributed by atoms with Crippen molar-refractivity contribution in [2.45, 2.75) is 64.1 Å². The monoisotopic (exact) mass is 414 g/mol. The van der Waals surface area contributed by atoms with Crippen molar-refractivity contribution < 1.29 is 9.47 Å². The first-order valence-electron chi connectivity index (χ1n) is 11.7. The van der Waals surface area contributed by atoms with Crippen molar-refractivity contribution in [3.8, 4) is 5.75 Å². The Bertz CT molecular complexity index is 709. The Morgan fingerprint density at radius 2 is 2.07 bits per heavy atom. The van der Waals surface area contributed by atoms with Crippen LogP contribution in [0.3, 0.4) is 0 Å². The fourth-order valence-corrected chi connectivity index (χ4v) is 4.11. The Kier molecular flexibility index (Phi) is 7.50. The van der Waals surface area contributed by atoms with Crippen LogP contribution in [0.25, 0.3) is 0 Å². The molecule has 3 fully saturated rings. The topological polar surface area (TPSA) is 58.1 Å². The van der Waals surface area contributed by atoms with Gasteiger partial charge in [0.15, 0.2) is 5.96 Å². The lowest BCUT2D eigenvalue weighted by Gasteiger charge is -2.22. The quantitative estimate of drug-likeness (QED) is 0.430. The van der Waals surface area contributed by atoms with Gasteiger partial charge in [0, 0.05) is 51.4 Å². The van der Waals surface area contributed by atoms with E-state index in [1.807, 2.05) is 7.05 Å². The molecule has 1 saturated heterocycles. The molecule has 3 aliphatic rings. The number of benzene rings is 1. The number of aryl methyl sites for hydroxylation is 1. The van der Waals surface area contributed by atoms with Gasteiger partial charge in [-0.05, 0) is 63.0 Å². The SMILES string of the molecule is CN=C(NCCN(CC1CC1)C1CC1)NCc1ccc(C)cc1OCC1CCCO1. The molecule has 0 amide bonds. The third-order valence-electron chi connectivity index (χ3n) is 6.29. The van der Waals surface area contributed by atoms with Crippen molar-refractivity contribution in [1.29, 1.82) is 0 Å². The van der Waals surface area contributed by atoms with Crippen LogP contribution in [0.2, 0.25) is 0 Å². The zero-order valence-electron chi connectivity index (χ0n) is 18.7. The average molecular weight is 415 g/mol. The number of ether oxygens (including phenoxy) is 2. The minimum atomic E-state index is 0.228. The van der Waals surface area contributed by atoms with Gasteiger partial charge in [0.25, 0.3) is 0 Å². The molecule has 1 aromatic rings. The van der Waals surface area contributed by atoms with Gasteiger partial charge in [0.1, 0.15) is 12.4 Å². The number of hydrogen-bond acceptors (Lipinski definition) is 4. The largest absolute Gasteiger partial charge is 0.491 e. The molecule has 1 unspecified atom stereocenters. The summed E-state index contributed by atoms with van der Waals surface area (Å²) >= 11 is 0. The molecule has 6 nitrogen and oxygen atoms in total. The van der Waals surface area contributed by atoms with Gasteiger partial charge in [-0.1, -0.05) is 12.1 Å². The summed E-state index contributed by atoms with van der Waals surface area (Å²) in [5.41, 5.74) is 2.36. The molecule has 1 aliphatic heterocycles. The second-order valence-corrected chi connectivity index (χ2v) is 9.08. The summed E-state index contributed by atoms with van der Waals surface area (Å²) < 4.78 is 11.8. The van der Waals surface area contributed by atoms with E-state index >= 15 is 0 Å². The van der Waals surface area contributed by atoms with E-state index < -0.39 is 0 Å². The normalized spacial score (nSPS) is 21.8. The maximum Gasteiger partial charge on any atom is 0.191 e. The molecule has 2 aliphatic carbocycles. The summed E-state index contributed by atoms with van der Waals surface area (Å²) in [7, 11) is 1.84. The van der Waals surface area contributed by atoms with Gasteiger partial charge < -0.3 is 20.1 Å². The van der Waals surface area contributed by atoms with Crippen molar-refractivity contribution in [2.75, 3.05) is 39.9 Å². The molecule has 166 valence electrons. The Labute approximate surface area is 181 Å². The van der Waals surface area contributed by atoms with Gasteiger partial charge in [-0.15, -0.1) is 0 Å². The van der Waals surface area contributed by atoms with Crippen molar-refractivity contribution in [1.82, 2.24) is 15.5 Å². The molecule has 0 spiro atoms. The summed E-state index contributed by atoms with van der Waals surface area (Å²) in [6.45, 7) is 7.59. The van der Waals surface area contributed by atoms with Gasteiger partial charge >= 0.3 is 0 Å². The third-order valence-corrected chi connectivity index (χ3v) is 6.29. The predicted molar refractivity (Wildman–Crippen MR) is 121 cm³/mol. The highest BCUT2D eigenvalue weighted by Crippen LogP contribution is 2.34. The van der Waals surface area contributed by atoms with Gasteiger partial charge in [0.05, 0.1) is 6.10 Å². The van der Waals surface area contributed by atoms with E-state index in [4.69, 9.17) is 9.47 Å². The van der Waals surface area contributed by atoms with Crippen LogP contribution in [-0.4, -0.2) is 62.9 Å². The van der Waals surface area contributed by atoms with E-state index in [2.05, 4.69) is 45.6 Å². The molecule has 0 bridgehead atoms. The van der Waals surface area contributed by atoms with Crippen LogP contribution in [0, 0.1) is 12.8 Å². The van der Waals surface area contributed by atoms with Crippen LogP contribution < -0.4 is 15.4 Å². The zero-order chi connectivity index (χ0) is 20.8. The van der Waals surface area contributed by atoms with E-state index in [0.717, 1.165) is 61.8 Å². The molecule has 0 aromatic heterocycles. The van der Waals surface area contributed by atoms with Crippen LogP contribution in [0.4, 0.5) is 0 Å². The molecule has 1 atom stereocenters. The lowest BCUT2D eigenvalue weighted by Crippen LogP contribution is -2.42. The number of aliphatic imine (C=N–C) groups is 1. The van der Waals surface area contributed by atoms with Gasteiger partial charge in [-0.25, -0.2) is 0 Å². The molecular formula is C24H38N4O2. The second kappa shape index (κ2) is 10.5. The fraction of sp³-hybridized carbons (Fsp3) is 0.708. The summed E-state index contributed by atoms with van der Waals surface area (Å²) in [5.74, 6) is 2.75. The highest BCUT2D eigenvalue weighted by molar-refractivity contribution is 5.79. The standard InChI is InChI=1S/C24H38N4O2/c1-18-5-8-20(23(14-18)30-17-22-4-3-13-29-22)15-27-24(25-2)26-11-12-28(21-9-10-21)16-19-6-7-19/h5,8,14,19,21-22H,3-4,6-7,9-13,15-17H2,1-2H3,(H2,25,26,27). The van der Waals surface area contributed by atoms with Crippen molar-refractivity contribution in [3.05, 3.63) is 29.3 Å². The lowest BCUT2D eigenvalue weighted by molar-refractivity contribution is 0.0676. The first-order chi connectivity index (χ1) is 14.7. The van der Waals surface area contributed by atoms with Crippen LogP contribution in [0.1, 0.15) is 49.7 Å². The third kappa shape index (κ3) is 6.61. The zero-order valence-corrected chi connectivity index (χ0v) is 18.7. The summed E-state index contributed by atoms with van der Waals surface area (Å²) in [6, 6.07) is 7.23. The van der Waals surface area contributed by atoms with Crippen molar-refractivity contribution in [3.63, 3.8) is 0 Å². The van der Waals surface area contributed by atoms with Crippen molar-refractivity contribution in [2.24, 2.45) is 10.9 Å². The number of hydrogen-bond donors (Lipinski definition) is 2. The van der Waals surface area contributed by atoms with E-state index in [1.165, 1.54) is 37.8 Å². The lowest BCUT2D eigenvalue weighted by atomic mass is 10.1. The molecule has 2 saturated carbocycles. The highest BCUT2D eigenvalue weighted by Gasteiger charge is 2.33. The molecule has 6 heteroatoms. The molecule has 1 aromatic carbocycles. The predicted octanol–water partition coefficient (Wildman–Crippen LogP) is 3.09. The van der Waals surface area contributed by atoms with E-state index in [0.29, 0.717) is 13.2 Å². The van der Waals surface area contributed by atoms with Gasteiger partial charge in [-0.2, -0.15) is 0 Å². The van der Waals surface area contributed by atoms with E-state index in [1.54, 1.807) is 0 Å². The van der Waals surface area contributed by atoms with Gasteiger partial charge in [0.2, 0.25) is 0 Å². The minimum Gasteiger partial charge on any atom is -0.491 e. The van der Waals surface area contributed by atoms with Crippen molar-refractivity contribution >= 4 is 5.96 Å². The maximum atomic E-state index is 6.12. The molecule has 30 heavy (non-hydrogen) atoms. The Morgan fingerprint density at radius 3 is 2.77 bits per heavy atom. The van der Waals surface area contributed by atoms with Gasteiger partial charge in [-0.3, -0.25) is 9.89 Å². The number of nitrogens with zero attached hydrogens (tertiary/aromatic N) is 2. The average Bonchev–Trinajstić information content (AvgIpc) is 3.68. The number of nitrogens with one attached hydrogen (secondary N) is 2. The Hall–Kier alpha value is -1.79. The Morgan fingerprint density at radius 1 is 1.20 bits per heavy atom. The summed E-state index contributed by atoms with van der Waals surface area (Å²) in [6.07, 6.45) is 8.06. The maximum absolute atomic E-state index is 6.12. The number of guanidine groups is 1. The summed E-state index contributed by atoms with van der Waals surface area (Å²) in [5, 5.41) is 6.94. The highest BCUT2D eigenvalue weighted by atomic mass is 16.5. The molecule has 1 heterocycles. The second-order valence-electron chi connectivity index (χ2n) is 9.08. The smallest absolute Gasteiger partial charge is 0.191 e. The molecular weight excluding hydrogens is 376 g/mol. The molecule has 2 N–H and O–H groups in total. The van der Waals surface area contributed by atoms with Crippen LogP contribution in [0.5, 0.6) is 5.75 Å². The minimum absolute atomic E-state index is 0.228. The Balaban J connectivity index is 1.23. The first-order valence-corrected chi connectivity index (χ1v) is 11.7. The fourth-order valence-electron chi connectivity index (χ4n) is 4.11. The van der Waals surface area contributed by atoms with Crippen LogP contribution in [0.15, 0.2) is 23.2 Å². The molecule has 4 rings (SSSR count).